The van der Waals surface area contributed by atoms with E-state index in [2.05, 4.69) is 15.5 Å². The highest BCUT2D eigenvalue weighted by Gasteiger charge is 2.48. The Kier molecular flexibility index (Phi) is 5.57. The fraction of sp³-hybridized carbons (Fsp3) is 0.400. The SMILES string of the molecule is O=C(Nc1nncs1)C1CCN(c2ccc(F)cc2S(=O)(=O)C(F)(F)F)CC1. The number of piperidine rings is 1. The van der Waals surface area contributed by atoms with E-state index in [9.17, 15) is 30.8 Å². The molecule has 13 heteroatoms. The normalized spacial score (nSPS) is 16.2. The number of aromatic nitrogens is 2. The summed E-state index contributed by atoms with van der Waals surface area (Å²) in [5.74, 6) is -1.79. The van der Waals surface area contributed by atoms with Crippen LogP contribution in [0.15, 0.2) is 28.6 Å². The maximum atomic E-state index is 13.5. The summed E-state index contributed by atoms with van der Waals surface area (Å²) in [6.07, 6.45) is 0.570. The molecule has 0 atom stereocenters. The van der Waals surface area contributed by atoms with Gasteiger partial charge in [0, 0.05) is 19.0 Å². The summed E-state index contributed by atoms with van der Waals surface area (Å²) in [4.78, 5) is 12.5. The third-order valence-corrected chi connectivity index (χ3v) is 6.43. The third-order valence-electron chi connectivity index (χ3n) is 4.31. The highest BCUT2D eigenvalue weighted by atomic mass is 32.2. The number of nitrogens with zero attached hydrogens (tertiary/aromatic N) is 3. The van der Waals surface area contributed by atoms with Crippen molar-refractivity contribution < 1.29 is 30.8 Å². The highest BCUT2D eigenvalue weighted by Crippen LogP contribution is 2.37. The van der Waals surface area contributed by atoms with Crippen LogP contribution < -0.4 is 10.2 Å². The molecule has 1 amide bonds. The van der Waals surface area contributed by atoms with Crippen LogP contribution in [0.25, 0.3) is 0 Å². The van der Waals surface area contributed by atoms with Crippen LogP contribution in [0.3, 0.4) is 0 Å². The van der Waals surface area contributed by atoms with Crippen molar-refractivity contribution in [3.8, 4) is 0 Å². The second-order valence-electron chi connectivity index (χ2n) is 6.06. The Morgan fingerprint density at radius 1 is 1.25 bits per heavy atom. The lowest BCUT2D eigenvalue weighted by atomic mass is 9.95. The molecule has 0 bridgehead atoms. The first kappa shape index (κ1) is 20.5. The molecule has 152 valence electrons. The van der Waals surface area contributed by atoms with Crippen LogP contribution in [0, 0.1) is 11.7 Å². The molecule has 0 unspecified atom stereocenters. The van der Waals surface area contributed by atoms with E-state index in [1.54, 1.807) is 0 Å². The molecule has 1 saturated heterocycles. The minimum Gasteiger partial charge on any atom is -0.370 e. The molecule has 28 heavy (non-hydrogen) atoms. The monoisotopic (exact) mass is 438 g/mol. The lowest BCUT2D eigenvalue weighted by molar-refractivity contribution is -0.120. The number of rotatable bonds is 4. The first-order valence-corrected chi connectivity index (χ1v) is 10.4. The van der Waals surface area contributed by atoms with Crippen LogP contribution in [0.5, 0.6) is 0 Å². The number of sulfone groups is 1. The number of hydrogen-bond donors (Lipinski definition) is 1. The zero-order valence-electron chi connectivity index (χ0n) is 14.1. The van der Waals surface area contributed by atoms with Gasteiger partial charge in [-0.25, -0.2) is 12.8 Å². The van der Waals surface area contributed by atoms with Crippen molar-refractivity contribution in [3.63, 3.8) is 0 Å². The molecule has 0 aliphatic carbocycles. The smallest absolute Gasteiger partial charge is 0.370 e. The summed E-state index contributed by atoms with van der Waals surface area (Å²) in [5.41, 5.74) is -4.33. The van der Waals surface area contributed by atoms with E-state index in [1.807, 2.05) is 0 Å². The molecule has 0 spiro atoms. The van der Waals surface area contributed by atoms with E-state index < -0.39 is 32.0 Å². The van der Waals surface area contributed by atoms with Crippen LogP contribution in [0.2, 0.25) is 0 Å². The molecule has 1 aliphatic rings. The van der Waals surface area contributed by atoms with Crippen molar-refractivity contribution in [3.05, 3.63) is 29.5 Å². The Bertz CT molecular complexity index is 956. The molecule has 2 heterocycles. The van der Waals surface area contributed by atoms with E-state index in [4.69, 9.17) is 0 Å². The predicted octanol–water partition coefficient (Wildman–Crippen LogP) is 2.83. The highest BCUT2D eigenvalue weighted by molar-refractivity contribution is 7.92. The molecule has 1 aromatic heterocycles. The number of halogens is 4. The van der Waals surface area contributed by atoms with Gasteiger partial charge >= 0.3 is 5.51 Å². The summed E-state index contributed by atoms with van der Waals surface area (Å²) >= 11 is 1.15. The van der Waals surface area contributed by atoms with Gasteiger partial charge in [0.1, 0.15) is 16.2 Å². The molecule has 2 aromatic rings. The summed E-state index contributed by atoms with van der Waals surface area (Å²) in [6, 6.07) is 2.28. The van der Waals surface area contributed by atoms with Crippen LogP contribution in [0.4, 0.5) is 28.4 Å². The van der Waals surface area contributed by atoms with Gasteiger partial charge < -0.3 is 10.2 Å². The van der Waals surface area contributed by atoms with Gasteiger partial charge in [0.05, 0.1) is 5.69 Å². The number of benzene rings is 1. The Hall–Kier alpha value is -2.28. The zero-order chi connectivity index (χ0) is 20.5. The quantitative estimate of drug-likeness (QED) is 0.738. The first-order chi connectivity index (χ1) is 13.1. The number of carbonyl (C=O) groups is 1. The van der Waals surface area contributed by atoms with Gasteiger partial charge in [-0.05, 0) is 31.0 Å². The second kappa shape index (κ2) is 7.62. The van der Waals surface area contributed by atoms with Gasteiger partial charge in [0.15, 0.2) is 0 Å². The van der Waals surface area contributed by atoms with Crippen molar-refractivity contribution in [2.45, 2.75) is 23.2 Å². The van der Waals surface area contributed by atoms with Crippen molar-refractivity contribution >= 4 is 37.9 Å². The predicted molar refractivity (Wildman–Crippen MR) is 93.1 cm³/mol. The van der Waals surface area contributed by atoms with E-state index in [0.29, 0.717) is 11.2 Å². The third kappa shape index (κ3) is 4.09. The maximum Gasteiger partial charge on any atom is 0.501 e. The average Bonchev–Trinajstić information content (AvgIpc) is 3.14. The first-order valence-electron chi connectivity index (χ1n) is 8.02. The fourth-order valence-electron chi connectivity index (χ4n) is 2.91. The van der Waals surface area contributed by atoms with Gasteiger partial charge in [-0.2, -0.15) is 13.2 Å². The number of nitrogens with one attached hydrogen (secondary N) is 1. The van der Waals surface area contributed by atoms with Crippen molar-refractivity contribution in [2.75, 3.05) is 23.3 Å². The summed E-state index contributed by atoms with van der Waals surface area (Å²) < 4.78 is 76.0. The van der Waals surface area contributed by atoms with E-state index >= 15 is 0 Å². The lowest BCUT2D eigenvalue weighted by Gasteiger charge is -2.34. The van der Waals surface area contributed by atoms with Crippen LogP contribution in [0.1, 0.15) is 12.8 Å². The van der Waals surface area contributed by atoms with Crippen LogP contribution in [-0.4, -0.2) is 43.1 Å². The van der Waals surface area contributed by atoms with Crippen molar-refractivity contribution in [2.24, 2.45) is 5.92 Å². The maximum absolute atomic E-state index is 13.5. The molecule has 1 aromatic carbocycles. The van der Waals surface area contributed by atoms with E-state index in [1.165, 1.54) is 10.4 Å². The van der Waals surface area contributed by atoms with Gasteiger partial charge in [0.2, 0.25) is 11.0 Å². The van der Waals surface area contributed by atoms with Crippen molar-refractivity contribution in [1.29, 1.82) is 0 Å². The molecule has 0 saturated carbocycles. The van der Waals surface area contributed by atoms with Gasteiger partial charge in [0.25, 0.3) is 9.84 Å². The Morgan fingerprint density at radius 2 is 1.93 bits per heavy atom. The zero-order valence-corrected chi connectivity index (χ0v) is 15.7. The number of carbonyl (C=O) groups excluding carboxylic acids is 1. The largest absolute Gasteiger partial charge is 0.501 e. The van der Waals surface area contributed by atoms with Gasteiger partial charge in [-0.1, -0.05) is 11.3 Å². The molecular weight excluding hydrogens is 424 g/mol. The topological polar surface area (TPSA) is 92.3 Å². The Balaban J connectivity index is 1.77. The average molecular weight is 438 g/mol. The molecule has 1 fully saturated rings. The Morgan fingerprint density at radius 3 is 2.50 bits per heavy atom. The molecular formula is C15H14F4N4O3S2. The Labute approximate surface area is 161 Å². The van der Waals surface area contributed by atoms with Gasteiger partial charge in [-0.15, -0.1) is 10.2 Å². The minimum atomic E-state index is -5.72. The summed E-state index contributed by atoms with van der Waals surface area (Å²) in [6.45, 7) is 0.278. The van der Waals surface area contributed by atoms with Gasteiger partial charge in [-0.3, -0.25) is 4.79 Å². The molecule has 1 N–H and O–H groups in total. The van der Waals surface area contributed by atoms with Crippen LogP contribution >= 0.6 is 11.3 Å². The van der Waals surface area contributed by atoms with Crippen LogP contribution in [-0.2, 0) is 14.6 Å². The number of hydrogen-bond acceptors (Lipinski definition) is 7. The summed E-state index contributed by atoms with van der Waals surface area (Å²) in [7, 11) is -5.72. The van der Waals surface area contributed by atoms with Crippen molar-refractivity contribution in [1.82, 2.24) is 10.2 Å². The molecule has 1 aliphatic heterocycles. The molecule has 7 nitrogen and oxygen atoms in total. The molecule has 3 rings (SSSR count). The number of amides is 1. The minimum absolute atomic E-state index is 0.139. The second-order valence-corrected chi connectivity index (χ2v) is 8.80. The number of alkyl halides is 3. The standard InChI is InChI=1S/C15H14F4N4O3S2/c16-10-1-2-11(12(7-10)28(25,26)15(17,18)19)23-5-3-9(4-6-23)13(24)21-14-22-20-8-27-14/h1-2,7-9H,3-6H2,(H,21,22,24). The van der Waals surface area contributed by atoms with E-state index in [-0.39, 0.29) is 37.5 Å². The number of anilines is 2. The fourth-order valence-corrected chi connectivity index (χ4v) is 4.34. The lowest BCUT2D eigenvalue weighted by Crippen LogP contribution is -2.39. The van der Waals surface area contributed by atoms with E-state index in [0.717, 1.165) is 23.5 Å². The summed E-state index contributed by atoms with van der Waals surface area (Å²) in [5, 5.41) is 10.2. The molecule has 0 radical (unpaired) electrons.